The van der Waals surface area contributed by atoms with Crippen LogP contribution in [0.2, 0.25) is 0 Å². The molecule has 2 rings (SSSR count). The zero-order chi connectivity index (χ0) is 27.5. The van der Waals surface area contributed by atoms with Gasteiger partial charge in [-0.2, -0.15) is 0 Å². The van der Waals surface area contributed by atoms with Gasteiger partial charge in [0, 0.05) is 19.1 Å². The minimum Gasteiger partial charge on any atom is -0.481 e. The summed E-state index contributed by atoms with van der Waals surface area (Å²) < 4.78 is 6.29. The van der Waals surface area contributed by atoms with E-state index in [4.69, 9.17) is 4.74 Å². The Balaban J connectivity index is 0.00000334. The Morgan fingerprint density at radius 2 is 1.65 bits per heavy atom. The fraction of sp³-hybridized carbons (Fsp3) is 0.935. The SMILES string of the molecule is CC.CCCCCCCN(CCOC1CCCC(CCC(C(=O)O)C(C)C)C1)C(=O)NC1CCCCC1. The first-order valence-corrected chi connectivity index (χ1v) is 15.8. The standard InChI is InChI=1S/C29H54N2O4.C2H6/c1-4-5-6-7-11-19-31(29(34)30-25-14-9-8-10-15-25)20-21-35-26-16-12-13-24(22-26)17-18-27(23(2)3)28(32)33;1-2/h23-27H,4-22H2,1-3H3,(H,30,34)(H,32,33);1-2H3. The number of ether oxygens (including phenoxy) is 1. The van der Waals surface area contributed by atoms with Crippen molar-refractivity contribution in [2.75, 3.05) is 19.7 Å². The number of carboxylic acid groups (broad SMARTS) is 1. The number of nitrogens with zero attached hydrogens (tertiary/aromatic N) is 1. The van der Waals surface area contributed by atoms with Crippen LogP contribution < -0.4 is 5.32 Å². The van der Waals surface area contributed by atoms with Gasteiger partial charge in [-0.25, -0.2) is 4.79 Å². The van der Waals surface area contributed by atoms with Crippen molar-refractivity contribution in [3.63, 3.8) is 0 Å². The lowest BCUT2D eigenvalue weighted by molar-refractivity contribution is -0.143. The second-order valence-electron chi connectivity index (χ2n) is 11.5. The van der Waals surface area contributed by atoms with Gasteiger partial charge < -0.3 is 20.1 Å². The van der Waals surface area contributed by atoms with E-state index in [1.54, 1.807) is 0 Å². The zero-order valence-electron chi connectivity index (χ0n) is 24.9. The second-order valence-corrected chi connectivity index (χ2v) is 11.5. The van der Waals surface area contributed by atoms with E-state index in [9.17, 15) is 14.7 Å². The molecular formula is C31H60N2O4. The fourth-order valence-corrected chi connectivity index (χ4v) is 5.88. The Kier molecular flexibility index (Phi) is 18.8. The van der Waals surface area contributed by atoms with Gasteiger partial charge in [-0.15, -0.1) is 0 Å². The molecule has 2 amide bonds. The number of unbranched alkanes of at least 4 members (excludes halogenated alkanes) is 4. The number of rotatable bonds is 16. The Labute approximate surface area is 228 Å². The van der Waals surface area contributed by atoms with Crippen molar-refractivity contribution in [2.24, 2.45) is 17.8 Å². The van der Waals surface area contributed by atoms with Gasteiger partial charge in [-0.05, 0) is 56.8 Å². The summed E-state index contributed by atoms with van der Waals surface area (Å²) in [7, 11) is 0. The number of hydrogen-bond acceptors (Lipinski definition) is 3. The molecule has 0 aliphatic heterocycles. The van der Waals surface area contributed by atoms with Gasteiger partial charge in [0.1, 0.15) is 0 Å². The predicted molar refractivity (Wildman–Crippen MR) is 154 cm³/mol. The number of nitrogens with one attached hydrogen (secondary N) is 1. The zero-order valence-corrected chi connectivity index (χ0v) is 24.9. The lowest BCUT2D eigenvalue weighted by Crippen LogP contribution is -2.47. The van der Waals surface area contributed by atoms with Crippen LogP contribution in [0, 0.1) is 17.8 Å². The van der Waals surface area contributed by atoms with E-state index < -0.39 is 5.97 Å². The topological polar surface area (TPSA) is 78.9 Å². The predicted octanol–water partition coefficient (Wildman–Crippen LogP) is 8.04. The molecule has 6 heteroatoms. The van der Waals surface area contributed by atoms with E-state index in [1.165, 1.54) is 51.4 Å². The first-order valence-electron chi connectivity index (χ1n) is 15.8. The van der Waals surface area contributed by atoms with Crippen LogP contribution in [0.25, 0.3) is 0 Å². The van der Waals surface area contributed by atoms with Gasteiger partial charge >= 0.3 is 12.0 Å². The van der Waals surface area contributed by atoms with E-state index in [1.807, 2.05) is 32.6 Å². The minimum absolute atomic E-state index is 0.0888. The molecule has 0 radical (unpaired) electrons. The number of amides is 2. The summed E-state index contributed by atoms with van der Waals surface area (Å²) in [6, 6.07) is 0.422. The van der Waals surface area contributed by atoms with Crippen LogP contribution in [0.5, 0.6) is 0 Å². The maximum Gasteiger partial charge on any atom is 0.317 e. The van der Waals surface area contributed by atoms with Gasteiger partial charge in [0.15, 0.2) is 0 Å². The molecule has 218 valence electrons. The van der Waals surface area contributed by atoms with Gasteiger partial charge in [-0.3, -0.25) is 4.79 Å². The van der Waals surface area contributed by atoms with Crippen molar-refractivity contribution >= 4 is 12.0 Å². The number of carboxylic acids is 1. The molecule has 0 heterocycles. The van der Waals surface area contributed by atoms with E-state index in [-0.39, 0.29) is 24.0 Å². The summed E-state index contributed by atoms with van der Waals surface area (Å²) in [6.07, 6.45) is 18.3. The molecule has 0 bridgehead atoms. The fourth-order valence-electron chi connectivity index (χ4n) is 5.88. The van der Waals surface area contributed by atoms with Crippen LogP contribution in [-0.2, 0) is 9.53 Å². The summed E-state index contributed by atoms with van der Waals surface area (Å²) >= 11 is 0. The average molecular weight is 525 g/mol. The van der Waals surface area contributed by atoms with Gasteiger partial charge in [-0.1, -0.05) is 92.4 Å². The average Bonchev–Trinajstić information content (AvgIpc) is 2.89. The van der Waals surface area contributed by atoms with E-state index in [0.717, 1.165) is 57.9 Å². The smallest absolute Gasteiger partial charge is 0.317 e. The van der Waals surface area contributed by atoms with Crippen molar-refractivity contribution in [1.29, 1.82) is 0 Å². The van der Waals surface area contributed by atoms with E-state index in [2.05, 4.69) is 12.2 Å². The highest BCUT2D eigenvalue weighted by atomic mass is 16.5. The number of hydrogen-bond donors (Lipinski definition) is 2. The molecule has 2 aliphatic rings. The molecule has 0 aromatic heterocycles. The van der Waals surface area contributed by atoms with Crippen LogP contribution in [0.1, 0.15) is 137 Å². The highest BCUT2D eigenvalue weighted by Gasteiger charge is 2.27. The second kappa shape index (κ2) is 20.6. The maximum absolute atomic E-state index is 13.0. The first kappa shape index (κ1) is 33.7. The lowest BCUT2D eigenvalue weighted by atomic mass is 9.81. The monoisotopic (exact) mass is 524 g/mol. The number of carbonyl (C=O) groups excluding carboxylic acids is 1. The number of aliphatic carboxylic acids is 1. The molecule has 2 saturated carbocycles. The van der Waals surface area contributed by atoms with Crippen molar-refractivity contribution in [3.05, 3.63) is 0 Å². The first-order chi connectivity index (χ1) is 17.9. The summed E-state index contributed by atoms with van der Waals surface area (Å²) in [4.78, 5) is 26.6. The number of urea groups is 1. The molecular weight excluding hydrogens is 464 g/mol. The molecule has 0 saturated heterocycles. The third kappa shape index (κ3) is 14.4. The summed E-state index contributed by atoms with van der Waals surface area (Å²) in [5.41, 5.74) is 0. The molecule has 6 nitrogen and oxygen atoms in total. The minimum atomic E-state index is -0.662. The molecule has 37 heavy (non-hydrogen) atoms. The lowest BCUT2D eigenvalue weighted by Gasteiger charge is -2.32. The van der Waals surface area contributed by atoms with Crippen molar-refractivity contribution in [2.45, 2.75) is 149 Å². The Hall–Kier alpha value is -1.30. The molecule has 0 spiro atoms. The molecule has 0 aromatic carbocycles. The highest BCUT2D eigenvalue weighted by Crippen LogP contribution is 2.32. The quantitative estimate of drug-likeness (QED) is 0.200. The summed E-state index contributed by atoms with van der Waals surface area (Å²) in [5.74, 6) is -0.177. The third-order valence-corrected chi connectivity index (χ3v) is 8.21. The van der Waals surface area contributed by atoms with Crippen molar-refractivity contribution in [3.8, 4) is 0 Å². The van der Waals surface area contributed by atoms with Crippen LogP contribution in [0.15, 0.2) is 0 Å². The molecule has 2 aliphatic carbocycles. The molecule has 3 atom stereocenters. The van der Waals surface area contributed by atoms with Crippen LogP contribution >= 0.6 is 0 Å². The van der Waals surface area contributed by atoms with Gasteiger partial charge in [0.2, 0.25) is 0 Å². The Morgan fingerprint density at radius 1 is 0.946 bits per heavy atom. The van der Waals surface area contributed by atoms with Gasteiger partial charge in [0.05, 0.1) is 18.6 Å². The Bertz CT molecular complexity index is 592. The van der Waals surface area contributed by atoms with Crippen LogP contribution in [-0.4, -0.2) is 53.8 Å². The van der Waals surface area contributed by atoms with E-state index in [0.29, 0.717) is 25.1 Å². The summed E-state index contributed by atoms with van der Waals surface area (Å²) in [6.45, 7) is 12.3. The molecule has 3 unspecified atom stereocenters. The maximum atomic E-state index is 13.0. The molecule has 0 aromatic rings. The highest BCUT2D eigenvalue weighted by molar-refractivity contribution is 5.74. The normalized spacial score (nSPS) is 21.1. The summed E-state index contributed by atoms with van der Waals surface area (Å²) in [5, 5.41) is 12.8. The van der Waals surface area contributed by atoms with Crippen molar-refractivity contribution < 1.29 is 19.4 Å². The number of carbonyl (C=O) groups is 2. The Morgan fingerprint density at radius 3 is 2.30 bits per heavy atom. The largest absolute Gasteiger partial charge is 0.481 e. The van der Waals surface area contributed by atoms with Crippen molar-refractivity contribution in [1.82, 2.24) is 10.2 Å². The molecule has 2 fully saturated rings. The van der Waals surface area contributed by atoms with Crippen LogP contribution in [0.3, 0.4) is 0 Å². The molecule has 2 N–H and O–H groups in total. The van der Waals surface area contributed by atoms with Gasteiger partial charge in [0.25, 0.3) is 0 Å². The third-order valence-electron chi connectivity index (χ3n) is 8.21. The van der Waals surface area contributed by atoms with E-state index >= 15 is 0 Å². The van der Waals surface area contributed by atoms with Crippen LogP contribution in [0.4, 0.5) is 4.79 Å².